The Balaban J connectivity index is 1.32. The Kier molecular flexibility index (Phi) is 9.14. The molecule has 1 aromatic carbocycles. The van der Waals surface area contributed by atoms with Crippen molar-refractivity contribution in [3.63, 3.8) is 0 Å². The molecule has 208 valence electrons. The lowest BCUT2D eigenvalue weighted by Gasteiger charge is -2.36. The number of alkyl halides is 3. The molecular formula is C27H30F4N6O2. The molecule has 0 radical (unpaired) electrons. The smallest absolute Gasteiger partial charge is 0.340 e. The maximum atomic E-state index is 13.3. The highest BCUT2D eigenvalue weighted by Crippen LogP contribution is 2.40. The lowest BCUT2D eigenvalue weighted by atomic mass is 10.1. The number of benzene rings is 1. The molecule has 2 heterocycles. The zero-order chi connectivity index (χ0) is 28.0. The number of nitrogens with zero attached hydrogens (tertiary/aromatic N) is 4. The number of hydrogen-bond acceptors (Lipinski definition) is 6. The van der Waals surface area contributed by atoms with Crippen LogP contribution in [0.2, 0.25) is 0 Å². The molecule has 1 saturated heterocycles. The number of carbonyl (C=O) groups excluding carboxylic acids is 2. The van der Waals surface area contributed by atoms with Crippen LogP contribution >= 0.6 is 0 Å². The number of nitriles is 1. The first-order valence-corrected chi connectivity index (χ1v) is 12.9. The van der Waals surface area contributed by atoms with Crippen LogP contribution in [0.5, 0.6) is 0 Å². The molecular weight excluding hydrogens is 516 g/mol. The predicted octanol–water partition coefficient (Wildman–Crippen LogP) is 2.82. The molecule has 2 aromatic rings. The van der Waals surface area contributed by atoms with Crippen molar-refractivity contribution in [2.24, 2.45) is 0 Å². The zero-order valence-electron chi connectivity index (χ0n) is 21.3. The minimum atomic E-state index is -4.30. The van der Waals surface area contributed by atoms with Gasteiger partial charge >= 0.3 is 6.18 Å². The molecule has 1 saturated carbocycles. The Bertz CT molecular complexity index is 1170. The number of rotatable bonds is 10. The van der Waals surface area contributed by atoms with E-state index in [0.717, 1.165) is 12.0 Å². The van der Waals surface area contributed by atoms with Gasteiger partial charge in [-0.25, -0.2) is 9.37 Å². The van der Waals surface area contributed by atoms with Gasteiger partial charge in [0.05, 0.1) is 12.1 Å². The van der Waals surface area contributed by atoms with Crippen LogP contribution in [-0.2, 0) is 4.79 Å². The van der Waals surface area contributed by atoms with Crippen LogP contribution in [0.25, 0.3) is 0 Å². The van der Waals surface area contributed by atoms with Gasteiger partial charge in [-0.1, -0.05) is 12.1 Å². The number of pyridine rings is 1. The number of hydrogen-bond donors (Lipinski definition) is 2. The molecule has 0 bridgehead atoms. The highest BCUT2D eigenvalue weighted by Gasteiger charge is 2.38. The average Bonchev–Trinajstić information content (AvgIpc) is 3.69. The molecule has 0 spiro atoms. The highest BCUT2D eigenvalue weighted by atomic mass is 19.4. The summed E-state index contributed by atoms with van der Waals surface area (Å²) >= 11 is 0. The lowest BCUT2D eigenvalue weighted by molar-refractivity contribution is -0.152. The zero-order valence-corrected chi connectivity index (χ0v) is 21.3. The van der Waals surface area contributed by atoms with Crippen molar-refractivity contribution < 1.29 is 27.2 Å². The Morgan fingerprint density at radius 2 is 1.82 bits per heavy atom. The van der Waals surface area contributed by atoms with Gasteiger partial charge in [-0.15, -0.1) is 0 Å². The Morgan fingerprint density at radius 3 is 2.44 bits per heavy atom. The van der Waals surface area contributed by atoms with Crippen molar-refractivity contribution in [1.82, 2.24) is 25.4 Å². The third-order valence-corrected chi connectivity index (χ3v) is 7.00. The second kappa shape index (κ2) is 12.5. The van der Waals surface area contributed by atoms with Gasteiger partial charge in [-0.3, -0.25) is 14.5 Å². The summed E-state index contributed by atoms with van der Waals surface area (Å²) in [6.45, 7) is 0.0458. The second-order valence-corrected chi connectivity index (χ2v) is 9.88. The number of nitrogens with one attached hydrogen (secondary N) is 2. The normalized spacial score (nSPS) is 20.2. The second-order valence-electron chi connectivity index (χ2n) is 9.88. The maximum absolute atomic E-state index is 13.3. The minimum Gasteiger partial charge on any atom is -0.340 e. The third-order valence-electron chi connectivity index (χ3n) is 7.00. The molecule has 2 N–H and O–H groups in total. The van der Waals surface area contributed by atoms with E-state index in [1.165, 1.54) is 40.3 Å². The van der Waals surface area contributed by atoms with Gasteiger partial charge < -0.3 is 15.5 Å². The molecule has 2 aliphatic rings. The number of piperazine rings is 1. The molecule has 1 aliphatic carbocycles. The van der Waals surface area contributed by atoms with Crippen molar-refractivity contribution >= 4 is 11.8 Å². The molecule has 39 heavy (non-hydrogen) atoms. The summed E-state index contributed by atoms with van der Waals surface area (Å²) in [4.78, 5) is 32.8. The predicted molar refractivity (Wildman–Crippen MR) is 134 cm³/mol. The summed E-state index contributed by atoms with van der Waals surface area (Å²) in [6, 6.07) is 10.6. The van der Waals surface area contributed by atoms with Gasteiger partial charge in [0.15, 0.2) is 0 Å². The number of halogens is 4. The van der Waals surface area contributed by atoms with Crippen molar-refractivity contribution in [1.29, 1.82) is 5.26 Å². The van der Waals surface area contributed by atoms with E-state index in [-0.39, 0.29) is 55.2 Å². The first kappa shape index (κ1) is 28.4. The van der Waals surface area contributed by atoms with Gasteiger partial charge in [-0.2, -0.15) is 18.4 Å². The van der Waals surface area contributed by atoms with Crippen molar-refractivity contribution in [2.45, 2.75) is 43.4 Å². The standard InChI is InChI=1S/C27H30F4N6O2/c28-20-6-3-18(4-7-20)22-14-24(22)33-9-1-2-23(35-25(38)19-5-8-21(15-32)34-16-19)26(39)37-12-10-36(11-13-37)17-27(29,30)31/h3-8,16,22-24,33H,1-2,9-14,17H2,(H,35,38)/t22-,23?,24+/m0/s1. The fraction of sp³-hybridized carbons (Fsp3) is 0.481. The molecule has 1 aliphatic heterocycles. The Labute approximate surface area is 224 Å². The number of amides is 2. The van der Waals surface area contributed by atoms with Gasteiger partial charge in [0, 0.05) is 44.3 Å². The SMILES string of the molecule is N#Cc1ccc(C(=O)NC(CCCN[C@@H]2C[C@H]2c2ccc(F)cc2)C(=O)N2CCN(CC(F)(F)F)CC2)cn1. The van der Waals surface area contributed by atoms with E-state index >= 15 is 0 Å². The summed E-state index contributed by atoms with van der Waals surface area (Å²) in [7, 11) is 0. The van der Waals surface area contributed by atoms with Gasteiger partial charge in [0.25, 0.3) is 5.91 Å². The summed E-state index contributed by atoms with van der Waals surface area (Å²) < 4.78 is 51.4. The molecule has 1 unspecified atom stereocenters. The van der Waals surface area contributed by atoms with Crippen LogP contribution in [0.1, 0.15) is 46.8 Å². The molecule has 3 atom stereocenters. The van der Waals surface area contributed by atoms with Crippen molar-refractivity contribution in [3.05, 3.63) is 65.2 Å². The monoisotopic (exact) mass is 546 g/mol. The van der Waals surface area contributed by atoms with E-state index in [2.05, 4.69) is 15.6 Å². The van der Waals surface area contributed by atoms with E-state index < -0.39 is 24.7 Å². The molecule has 4 rings (SSSR count). The molecule has 8 nitrogen and oxygen atoms in total. The van der Waals surface area contributed by atoms with Crippen LogP contribution in [-0.4, -0.2) is 84.1 Å². The quantitative estimate of drug-likeness (QED) is 0.351. The Hall–Kier alpha value is -3.56. The van der Waals surface area contributed by atoms with Crippen LogP contribution < -0.4 is 10.6 Å². The topological polar surface area (TPSA) is 101 Å². The largest absolute Gasteiger partial charge is 0.401 e. The fourth-order valence-corrected chi connectivity index (χ4v) is 4.79. The summed E-state index contributed by atoms with van der Waals surface area (Å²) in [6.07, 6.45) is -1.21. The van der Waals surface area contributed by atoms with E-state index in [1.54, 1.807) is 12.1 Å². The lowest BCUT2D eigenvalue weighted by Crippen LogP contribution is -2.56. The van der Waals surface area contributed by atoms with Gasteiger partial charge in [0.1, 0.15) is 23.6 Å². The van der Waals surface area contributed by atoms with Gasteiger partial charge in [-0.05, 0) is 55.6 Å². The van der Waals surface area contributed by atoms with Crippen molar-refractivity contribution in [2.75, 3.05) is 39.3 Å². The van der Waals surface area contributed by atoms with E-state index in [1.807, 2.05) is 6.07 Å². The van der Waals surface area contributed by atoms with Crippen LogP contribution in [0, 0.1) is 17.1 Å². The number of carbonyl (C=O) groups is 2. The first-order chi connectivity index (χ1) is 18.6. The van der Waals surface area contributed by atoms with E-state index in [9.17, 15) is 27.2 Å². The third kappa shape index (κ3) is 8.21. The van der Waals surface area contributed by atoms with E-state index in [4.69, 9.17) is 5.26 Å². The highest BCUT2D eigenvalue weighted by molar-refractivity contribution is 5.97. The van der Waals surface area contributed by atoms with E-state index in [0.29, 0.717) is 25.3 Å². The van der Waals surface area contributed by atoms with Gasteiger partial charge in [0.2, 0.25) is 5.91 Å². The van der Waals surface area contributed by atoms with Crippen molar-refractivity contribution in [3.8, 4) is 6.07 Å². The number of aromatic nitrogens is 1. The minimum absolute atomic E-state index is 0.0967. The summed E-state index contributed by atoms with van der Waals surface area (Å²) in [5.41, 5.74) is 1.41. The van der Waals surface area contributed by atoms with Crippen LogP contribution in [0.3, 0.4) is 0 Å². The first-order valence-electron chi connectivity index (χ1n) is 12.9. The fourth-order valence-electron chi connectivity index (χ4n) is 4.79. The van der Waals surface area contributed by atoms with Crippen LogP contribution in [0.15, 0.2) is 42.6 Å². The summed E-state index contributed by atoms with van der Waals surface area (Å²) in [5.74, 6) is -0.834. The molecule has 1 aromatic heterocycles. The average molecular weight is 547 g/mol. The van der Waals surface area contributed by atoms with Crippen LogP contribution in [0.4, 0.5) is 17.6 Å². The molecule has 2 fully saturated rings. The molecule has 12 heteroatoms. The maximum Gasteiger partial charge on any atom is 0.401 e. The molecule has 2 amide bonds. The Morgan fingerprint density at radius 1 is 1.10 bits per heavy atom. The summed E-state index contributed by atoms with van der Waals surface area (Å²) in [5, 5.41) is 15.1.